The van der Waals surface area contributed by atoms with Crippen LogP contribution in [0.5, 0.6) is 5.75 Å². The first-order valence-corrected chi connectivity index (χ1v) is 9.60. The van der Waals surface area contributed by atoms with Gasteiger partial charge >= 0.3 is 0 Å². The zero-order chi connectivity index (χ0) is 16.6. The van der Waals surface area contributed by atoms with Crippen molar-refractivity contribution in [1.29, 1.82) is 0 Å². The molecule has 0 aliphatic carbocycles. The lowest BCUT2D eigenvalue weighted by atomic mass is 9.96. The van der Waals surface area contributed by atoms with Gasteiger partial charge in [-0.3, -0.25) is 4.90 Å². The van der Waals surface area contributed by atoms with Gasteiger partial charge in [0.1, 0.15) is 12.4 Å². The van der Waals surface area contributed by atoms with E-state index in [0.29, 0.717) is 6.61 Å². The monoisotopic (exact) mass is 368 g/mol. The van der Waals surface area contributed by atoms with Gasteiger partial charge in [0, 0.05) is 13.2 Å². The van der Waals surface area contributed by atoms with Crippen molar-refractivity contribution in [1.82, 2.24) is 10.2 Å². The van der Waals surface area contributed by atoms with Gasteiger partial charge in [-0.25, -0.2) is 0 Å². The van der Waals surface area contributed by atoms with Crippen LogP contribution in [0.3, 0.4) is 0 Å². The lowest BCUT2D eigenvalue weighted by Gasteiger charge is -2.32. The van der Waals surface area contributed by atoms with Crippen LogP contribution in [0.15, 0.2) is 24.3 Å². The number of benzene rings is 1. The molecule has 0 radical (unpaired) electrons. The van der Waals surface area contributed by atoms with E-state index in [4.69, 9.17) is 9.47 Å². The van der Waals surface area contributed by atoms with E-state index in [-0.39, 0.29) is 18.5 Å². The van der Waals surface area contributed by atoms with E-state index in [0.717, 1.165) is 44.2 Å². The zero-order valence-corrected chi connectivity index (χ0v) is 16.2. The summed E-state index contributed by atoms with van der Waals surface area (Å²) >= 11 is 0. The molecule has 142 valence electrons. The molecule has 5 heteroatoms. The average Bonchev–Trinajstić information content (AvgIpc) is 3.14. The highest BCUT2D eigenvalue weighted by Crippen LogP contribution is 2.20. The number of rotatable bonds is 8. The average molecular weight is 369 g/mol. The molecule has 1 atom stereocenters. The highest BCUT2D eigenvalue weighted by atomic mass is 35.5. The molecule has 2 heterocycles. The van der Waals surface area contributed by atoms with E-state index in [1.54, 1.807) is 0 Å². The fraction of sp³-hybridized carbons (Fsp3) is 0.700. The largest absolute Gasteiger partial charge is 0.491 e. The second kappa shape index (κ2) is 11.0. The van der Waals surface area contributed by atoms with Crippen LogP contribution in [0.25, 0.3) is 0 Å². The van der Waals surface area contributed by atoms with Gasteiger partial charge in [0.2, 0.25) is 0 Å². The number of hydrogen-bond acceptors (Lipinski definition) is 4. The Balaban J connectivity index is 0.00000225. The second-order valence-electron chi connectivity index (χ2n) is 7.12. The Hall–Kier alpha value is -0.810. The Morgan fingerprint density at radius 2 is 1.92 bits per heavy atom. The minimum Gasteiger partial charge on any atom is -0.491 e. The molecule has 0 bridgehead atoms. The molecular formula is C20H33ClN2O2. The van der Waals surface area contributed by atoms with Crippen molar-refractivity contribution in [2.45, 2.75) is 45.3 Å². The predicted octanol–water partition coefficient (Wildman–Crippen LogP) is 3.49. The molecule has 0 aromatic heterocycles. The van der Waals surface area contributed by atoms with Gasteiger partial charge < -0.3 is 14.8 Å². The van der Waals surface area contributed by atoms with E-state index in [1.807, 2.05) is 0 Å². The number of nitrogens with zero attached hydrogens (tertiary/aromatic N) is 1. The number of halogens is 1. The third-order valence-electron chi connectivity index (χ3n) is 5.18. The smallest absolute Gasteiger partial charge is 0.119 e. The van der Waals surface area contributed by atoms with Crippen molar-refractivity contribution in [3.63, 3.8) is 0 Å². The third kappa shape index (κ3) is 6.78. The van der Waals surface area contributed by atoms with E-state index >= 15 is 0 Å². The second-order valence-corrected chi connectivity index (χ2v) is 7.12. The Kier molecular flexibility index (Phi) is 9.04. The fourth-order valence-corrected chi connectivity index (χ4v) is 3.61. The van der Waals surface area contributed by atoms with Crippen molar-refractivity contribution in [3.05, 3.63) is 29.8 Å². The maximum atomic E-state index is 5.84. The fourth-order valence-electron chi connectivity index (χ4n) is 3.61. The van der Waals surface area contributed by atoms with Crippen LogP contribution in [-0.4, -0.2) is 50.4 Å². The number of piperidine rings is 1. The summed E-state index contributed by atoms with van der Waals surface area (Å²) in [7, 11) is 0. The lowest BCUT2D eigenvalue weighted by molar-refractivity contribution is 0.0679. The first-order valence-electron chi connectivity index (χ1n) is 9.60. The van der Waals surface area contributed by atoms with Crippen molar-refractivity contribution >= 4 is 12.4 Å². The van der Waals surface area contributed by atoms with Crippen LogP contribution in [0, 0.1) is 5.92 Å². The molecule has 1 aromatic rings. The lowest BCUT2D eigenvalue weighted by Crippen LogP contribution is -2.36. The summed E-state index contributed by atoms with van der Waals surface area (Å²) in [5, 5.41) is 3.48. The molecule has 2 aliphatic heterocycles. The SMILES string of the molecule is CCNCC1CCN(Cc2ccc(OCC3CCCO3)cc2)CC1.Cl. The van der Waals surface area contributed by atoms with Crippen LogP contribution in [0.4, 0.5) is 0 Å². The molecule has 2 fully saturated rings. The topological polar surface area (TPSA) is 33.7 Å². The Morgan fingerprint density at radius 3 is 2.56 bits per heavy atom. The molecule has 4 nitrogen and oxygen atoms in total. The van der Waals surface area contributed by atoms with Crippen LogP contribution in [-0.2, 0) is 11.3 Å². The summed E-state index contributed by atoms with van der Waals surface area (Å²) in [6, 6.07) is 8.61. The molecule has 0 amide bonds. The Labute approximate surface area is 158 Å². The van der Waals surface area contributed by atoms with Gasteiger partial charge in [0.05, 0.1) is 6.10 Å². The standard InChI is InChI=1S/C20H32N2O2.ClH/c1-2-21-14-17-9-11-22(12-10-17)15-18-5-7-19(8-6-18)24-16-20-4-3-13-23-20;/h5-8,17,20-21H,2-4,9-16H2,1H3;1H. The quantitative estimate of drug-likeness (QED) is 0.761. The van der Waals surface area contributed by atoms with Crippen molar-refractivity contribution in [3.8, 4) is 5.75 Å². The summed E-state index contributed by atoms with van der Waals surface area (Å²) < 4.78 is 11.4. The first kappa shape index (κ1) is 20.5. The molecule has 25 heavy (non-hydrogen) atoms. The highest BCUT2D eigenvalue weighted by Gasteiger charge is 2.19. The van der Waals surface area contributed by atoms with Gasteiger partial charge in [-0.15, -0.1) is 12.4 Å². The summed E-state index contributed by atoms with van der Waals surface area (Å²) in [5.41, 5.74) is 1.38. The molecule has 2 saturated heterocycles. The van der Waals surface area contributed by atoms with Gasteiger partial charge in [-0.2, -0.15) is 0 Å². The number of likely N-dealkylation sites (tertiary alicyclic amines) is 1. The van der Waals surface area contributed by atoms with Crippen molar-refractivity contribution < 1.29 is 9.47 Å². The molecule has 0 spiro atoms. The van der Waals surface area contributed by atoms with Crippen LogP contribution >= 0.6 is 12.4 Å². The zero-order valence-electron chi connectivity index (χ0n) is 15.4. The van der Waals surface area contributed by atoms with E-state index in [1.165, 1.54) is 38.0 Å². The normalized spacial score (nSPS) is 21.9. The molecule has 1 N–H and O–H groups in total. The Morgan fingerprint density at radius 1 is 1.16 bits per heavy atom. The molecule has 3 rings (SSSR count). The summed E-state index contributed by atoms with van der Waals surface area (Å²) in [4.78, 5) is 2.57. The highest BCUT2D eigenvalue weighted by molar-refractivity contribution is 5.85. The van der Waals surface area contributed by atoms with E-state index in [9.17, 15) is 0 Å². The van der Waals surface area contributed by atoms with Gasteiger partial charge in [0.25, 0.3) is 0 Å². The molecule has 1 unspecified atom stereocenters. The summed E-state index contributed by atoms with van der Waals surface area (Å²) in [6.45, 7) is 9.50. The van der Waals surface area contributed by atoms with Crippen LogP contribution in [0.2, 0.25) is 0 Å². The predicted molar refractivity (Wildman–Crippen MR) is 105 cm³/mol. The molecular weight excluding hydrogens is 336 g/mol. The summed E-state index contributed by atoms with van der Waals surface area (Å²) in [5.74, 6) is 1.81. The van der Waals surface area contributed by atoms with Crippen LogP contribution < -0.4 is 10.1 Å². The Bertz CT molecular complexity index is 469. The number of hydrogen-bond donors (Lipinski definition) is 1. The number of nitrogens with one attached hydrogen (secondary N) is 1. The first-order chi connectivity index (χ1) is 11.8. The van der Waals surface area contributed by atoms with Gasteiger partial charge in [-0.1, -0.05) is 19.1 Å². The maximum absolute atomic E-state index is 5.84. The minimum absolute atomic E-state index is 0. The van der Waals surface area contributed by atoms with Gasteiger partial charge in [-0.05, 0) is 75.5 Å². The number of ether oxygens (including phenoxy) is 2. The molecule has 0 saturated carbocycles. The molecule has 2 aliphatic rings. The van der Waals surface area contributed by atoms with Crippen LogP contribution in [0.1, 0.15) is 38.2 Å². The maximum Gasteiger partial charge on any atom is 0.119 e. The van der Waals surface area contributed by atoms with Crippen molar-refractivity contribution in [2.75, 3.05) is 39.4 Å². The molecule has 1 aromatic carbocycles. The van der Waals surface area contributed by atoms with Crippen molar-refractivity contribution in [2.24, 2.45) is 5.92 Å². The van der Waals surface area contributed by atoms with E-state index in [2.05, 4.69) is 41.4 Å². The van der Waals surface area contributed by atoms with E-state index < -0.39 is 0 Å². The minimum atomic E-state index is 0. The third-order valence-corrected chi connectivity index (χ3v) is 5.18. The summed E-state index contributed by atoms with van der Waals surface area (Å²) in [6.07, 6.45) is 5.21. The van der Waals surface area contributed by atoms with Gasteiger partial charge in [0.15, 0.2) is 0 Å².